The molecule has 0 radical (unpaired) electrons. The molecule has 0 saturated carbocycles. The third-order valence-electron chi connectivity index (χ3n) is 4.51. The number of hydrogen-bond acceptors (Lipinski definition) is 4. The second kappa shape index (κ2) is 6.22. The van der Waals surface area contributed by atoms with E-state index in [-0.39, 0.29) is 35.9 Å². The van der Waals surface area contributed by atoms with Crippen molar-refractivity contribution in [2.24, 2.45) is 5.92 Å². The molecule has 5 heteroatoms. The second-order valence-corrected chi connectivity index (χ2v) is 11.8. The van der Waals surface area contributed by atoms with Crippen LogP contribution in [0.25, 0.3) is 0 Å². The summed E-state index contributed by atoms with van der Waals surface area (Å²) in [5.74, 6) is 0.280. The predicted molar refractivity (Wildman–Crippen MR) is 78.9 cm³/mol. The molecular weight excluding hydrogens is 260 g/mol. The van der Waals surface area contributed by atoms with Crippen LogP contribution < -0.4 is 0 Å². The molecule has 0 aromatic heterocycles. The second-order valence-electron chi connectivity index (χ2n) is 7.07. The molecule has 0 aromatic rings. The van der Waals surface area contributed by atoms with Crippen LogP contribution in [0.3, 0.4) is 0 Å². The number of ether oxygens (including phenoxy) is 2. The first-order valence-electron chi connectivity index (χ1n) is 7.07. The molecule has 4 atom stereocenters. The normalized spacial score (nSPS) is 33.5. The zero-order chi connectivity index (χ0) is 14.8. The molecule has 1 aliphatic heterocycles. The van der Waals surface area contributed by atoms with Crippen LogP contribution in [-0.2, 0) is 13.9 Å². The van der Waals surface area contributed by atoms with E-state index in [9.17, 15) is 5.11 Å². The summed E-state index contributed by atoms with van der Waals surface area (Å²) < 4.78 is 17.8. The minimum absolute atomic E-state index is 0.0139. The van der Waals surface area contributed by atoms with Crippen molar-refractivity contribution in [1.29, 1.82) is 0 Å². The van der Waals surface area contributed by atoms with Crippen LogP contribution in [0, 0.1) is 5.92 Å². The van der Waals surface area contributed by atoms with Crippen molar-refractivity contribution in [3.63, 3.8) is 0 Å². The zero-order valence-corrected chi connectivity index (χ0v) is 14.4. The van der Waals surface area contributed by atoms with E-state index in [1.54, 1.807) is 7.11 Å². The molecule has 1 rings (SSSR count). The summed E-state index contributed by atoms with van der Waals surface area (Å²) in [4.78, 5) is 0. The maximum absolute atomic E-state index is 9.52. The summed E-state index contributed by atoms with van der Waals surface area (Å²) in [6.07, 6.45) is -0.477. The van der Waals surface area contributed by atoms with Crippen LogP contribution in [0.4, 0.5) is 0 Å². The highest BCUT2D eigenvalue weighted by Gasteiger charge is 2.46. The highest BCUT2D eigenvalue weighted by Crippen LogP contribution is 2.39. The Morgan fingerprint density at radius 2 is 1.84 bits per heavy atom. The molecule has 114 valence electrons. The molecule has 0 spiro atoms. The van der Waals surface area contributed by atoms with E-state index in [0.29, 0.717) is 6.61 Å². The van der Waals surface area contributed by atoms with Crippen molar-refractivity contribution < 1.29 is 19.0 Å². The van der Waals surface area contributed by atoms with Gasteiger partial charge >= 0.3 is 0 Å². The van der Waals surface area contributed by atoms with Crippen molar-refractivity contribution in [1.82, 2.24) is 0 Å². The fourth-order valence-corrected chi connectivity index (χ4v) is 3.50. The monoisotopic (exact) mass is 290 g/mol. The number of methoxy groups -OCH3 is 1. The van der Waals surface area contributed by atoms with Crippen LogP contribution >= 0.6 is 0 Å². The summed E-state index contributed by atoms with van der Waals surface area (Å²) >= 11 is 0. The highest BCUT2D eigenvalue weighted by molar-refractivity contribution is 6.74. The molecule has 0 aromatic carbocycles. The van der Waals surface area contributed by atoms with Crippen molar-refractivity contribution in [2.45, 2.75) is 64.1 Å². The first kappa shape index (κ1) is 17.1. The number of rotatable bonds is 4. The maximum atomic E-state index is 9.52. The lowest BCUT2D eigenvalue weighted by atomic mass is 9.94. The number of aliphatic hydroxyl groups is 1. The molecule has 1 fully saturated rings. The van der Waals surface area contributed by atoms with Gasteiger partial charge in [-0.1, -0.05) is 27.7 Å². The minimum Gasteiger partial charge on any atom is -0.409 e. The van der Waals surface area contributed by atoms with Gasteiger partial charge in [-0.25, -0.2) is 0 Å². The van der Waals surface area contributed by atoms with E-state index in [4.69, 9.17) is 13.9 Å². The Balaban J connectivity index is 2.91. The molecule has 4 unspecified atom stereocenters. The molecule has 1 N–H and O–H groups in total. The lowest BCUT2D eigenvalue weighted by Crippen LogP contribution is -2.58. The van der Waals surface area contributed by atoms with Gasteiger partial charge in [0.1, 0.15) is 6.10 Å². The fourth-order valence-electron chi connectivity index (χ4n) is 2.18. The van der Waals surface area contributed by atoms with Gasteiger partial charge in [-0.2, -0.15) is 0 Å². The molecule has 4 nitrogen and oxygen atoms in total. The summed E-state index contributed by atoms with van der Waals surface area (Å²) in [5.41, 5.74) is 0. The van der Waals surface area contributed by atoms with Crippen LogP contribution in [-0.4, -0.2) is 52.1 Å². The number of hydrogen-bond donors (Lipinski definition) is 1. The van der Waals surface area contributed by atoms with E-state index in [1.807, 2.05) is 0 Å². The van der Waals surface area contributed by atoms with Crippen LogP contribution in [0.15, 0.2) is 0 Å². The van der Waals surface area contributed by atoms with E-state index < -0.39 is 8.32 Å². The van der Waals surface area contributed by atoms with Crippen molar-refractivity contribution in [2.75, 3.05) is 20.3 Å². The fraction of sp³-hybridized carbons (Fsp3) is 1.00. The highest BCUT2D eigenvalue weighted by atomic mass is 28.4. The summed E-state index contributed by atoms with van der Waals surface area (Å²) in [7, 11) is -0.198. The lowest BCUT2D eigenvalue weighted by molar-refractivity contribution is -0.174. The quantitative estimate of drug-likeness (QED) is 0.808. The van der Waals surface area contributed by atoms with Gasteiger partial charge in [0, 0.05) is 13.0 Å². The van der Waals surface area contributed by atoms with E-state index >= 15 is 0 Å². The Kier molecular flexibility index (Phi) is 5.60. The van der Waals surface area contributed by atoms with Crippen LogP contribution in [0.1, 0.15) is 27.7 Å². The van der Waals surface area contributed by atoms with Crippen molar-refractivity contribution in [3.05, 3.63) is 0 Å². The standard InChI is InChI=1S/C14H30O4Si/c1-10-9-17-11(8-15)13(12(10)16-5)18-19(6,7)14(2,3)4/h10-13,15H,8-9H2,1-7H3. The topological polar surface area (TPSA) is 47.9 Å². The molecular formula is C14H30O4Si. The van der Waals surface area contributed by atoms with Gasteiger partial charge in [-0.3, -0.25) is 0 Å². The van der Waals surface area contributed by atoms with E-state index in [0.717, 1.165) is 0 Å². The lowest BCUT2D eigenvalue weighted by Gasteiger charge is -2.46. The Hall–Kier alpha value is 0.0569. The van der Waals surface area contributed by atoms with Crippen LogP contribution in [0.5, 0.6) is 0 Å². The smallest absolute Gasteiger partial charge is 0.192 e. The SMILES string of the molecule is COC1C(C)COC(CO)C1O[Si](C)(C)C(C)(C)C. The maximum Gasteiger partial charge on any atom is 0.192 e. The van der Waals surface area contributed by atoms with E-state index in [1.165, 1.54) is 0 Å². The van der Waals surface area contributed by atoms with Gasteiger partial charge in [0.05, 0.1) is 25.4 Å². The van der Waals surface area contributed by atoms with Gasteiger partial charge in [0.15, 0.2) is 8.32 Å². The minimum atomic E-state index is -1.91. The first-order chi connectivity index (χ1) is 8.64. The zero-order valence-electron chi connectivity index (χ0n) is 13.4. The first-order valence-corrected chi connectivity index (χ1v) is 9.98. The summed E-state index contributed by atoms with van der Waals surface area (Å²) in [5, 5.41) is 9.65. The Morgan fingerprint density at radius 3 is 2.26 bits per heavy atom. The van der Waals surface area contributed by atoms with Gasteiger partial charge in [0.2, 0.25) is 0 Å². The third kappa shape index (κ3) is 3.79. The molecule has 1 aliphatic rings. The van der Waals surface area contributed by atoms with Gasteiger partial charge in [0.25, 0.3) is 0 Å². The van der Waals surface area contributed by atoms with Crippen molar-refractivity contribution in [3.8, 4) is 0 Å². The summed E-state index contributed by atoms with van der Waals surface area (Å²) in [6.45, 7) is 13.8. The molecule has 1 saturated heterocycles. The Bertz CT molecular complexity index is 288. The average molecular weight is 290 g/mol. The Morgan fingerprint density at radius 1 is 1.26 bits per heavy atom. The molecule has 1 heterocycles. The molecule has 0 bridgehead atoms. The molecule has 0 aliphatic carbocycles. The Labute approximate surface area is 118 Å². The number of aliphatic hydroxyl groups excluding tert-OH is 1. The van der Waals surface area contributed by atoms with Crippen molar-refractivity contribution >= 4 is 8.32 Å². The summed E-state index contributed by atoms with van der Waals surface area (Å²) in [6, 6.07) is 0. The largest absolute Gasteiger partial charge is 0.409 e. The average Bonchev–Trinajstić information content (AvgIpc) is 2.28. The molecule has 0 amide bonds. The van der Waals surface area contributed by atoms with Gasteiger partial charge < -0.3 is 19.0 Å². The molecule has 19 heavy (non-hydrogen) atoms. The van der Waals surface area contributed by atoms with E-state index in [2.05, 4.69) is 40.8 Å². The predicted octanol–water partition coefficient (Wildman–Crippen LogP) is 2.42. The van der Waals surface area contributed by atoms with Crippen LogP contribution in [0.2, 0.25) is 18.1 Å². The van der Waals surface area contributed by atoms with Gasteiger partial charge in [-0.05, 0) is 18.1 Å². The third-order valence-corrected chi connectivity index (χ3v) is 8.99. The van der Waals surface area contributed by atoms with Gasteiger partial charge in [-0.15, -0.1) is 0 Å².